The van der Waals surface area contributed by atoms with E-state index in [1.807, 2.05) is 6.92 Å². The first-order chi connectivity index (χ1) is 6.65. The lowest BCUT2D eigenvalue weighted by Gasteiger charge is -1.98. The molecule has 0 unspecified atom stereocenters. The summed E-state index contributed by atoms with van der Waals surface area (Å²) < 4.78 is 12.7. The van der Waals surface area contributed by atoms with Crippen molar-refractivity contribution in [2.24, 2.45) is 0 Å². The normalized spacial score (nSPS) is 9.86. The van der Waals surface area contributed by atoms with E-state index < -0.39 is 17.4 Å². The predicted octanol–water partition coefficient (Wildman–Crippen LogP) is 2.38. The second-order valence-electron chi connectivity index (χ2n) is 3.01. The standard InChI is InChI=1S/C11H11FO2/c1-2-4-10(13)11(14)8-5-3-6-9(12)7-8/h3,5-7H,2,4H2,1H3. The van der Waals surface area contributed by atoms with Gasteiger partial charge in [0, 0.05) is 12.0 Å². The summed E-state index contributed by atoms with van der Waals surface area (Å²) in [5.74, 6) is -1.57. The van der Waals surface area contributed by atoms with Gasteiger partial charge in [-0.2, -0.15) is 0 Å². The smallest absolute Gasteiger partial charge is 0.228 e. The maximum absolute atomic E-state index is 12.7. The number of hydrogen-bond donors (Lipinski definition) is 0. The summed E-state index contributed by atoms with van der Waals surface area (Å²) >= 11 is 0. The van der Waals surface area contributed by atoms with E-state index in [0.717, 1.165) is 6.07 Å². The van der Waals surface area contributed by atoms with Gasteiger partial charge in [-0.3, -0.25) is 9.59 Å². The molecule has 0 saturated carbocycles. The molecule has 1 aromatic rings. The molecule has 0 spiro atoms. The Morgan fingerprint density at radius 1 is 1.36 bits per heavy atom. The maximum atomic E-state index is 12.7. The molecule has 0 fully saturated rings. The first-order valence-corrected chi connectivity index (χ1v) is 4.48. The van der Waals surface area contributed by atoms with Crippen molar-refractivity contribution in [1.29, 1.82) is 0 Å². The third-order valence-electron chi connectivity index (χ3n) is 1.82. The van der Waals surface area contributed by atoms with Crippen molar-refractivity contribution in [3.8, 4) is 0 Å². The minimum atomic E-state index is -0.605. The number of halogens is 1. The Labute approximate surface area is 81.7 Å². The molecule has 3 heteroatoms. The Morgan fingerprint density at radius 3 is 2.64 bits per heavy atom. The van der Waals surface area contributed by atoms with Gasteiger partial charge in [0.15, 0.2) is 0 Å². The molecular weight excluding hydrogens is 183 g/mol. The van der Waals surface area contributed by atoms with E-state index in [-0.39, 0.29) is 12.0 Å². The monoisotopic (exact) mass is 194 g/mol. The van der Waals surface area contributed by atoms with Crippen LogP contribution in [0.3, 0.4) is 0 Å². The SMILES string of the molecule is CCCC(=O)C(=O)c1cccc(F)c1. The molecule has 0 aromatic heterocycles. The summed E-state index contributed by atoms with van der Waals surface area (Å²) in [5.41, 5.74) is 0.128. The Kier molecular flexibility index (Phi) is 3.51. The summed E-state index contributed by atoms with van der Waals surface area (Å²) in [4.78, 5) is 22.6. The van der Waals surface area contributed by atoms with Gasteiger partial charge in [0.1, 0.15) is 5.82 Å². The second kappa shape index (κ2) is 4.65. The predicted molar refractivity (Wildman–Crippen MR) is 50.6 cm³/mol. The Bertz CT molecular complexity index is 358. The van der Waals surface area contributed by atoms with Crippen molar-refractivity contribution in [1.82, 2.24) is 0 Å². The van der Waals surface area contributed by atoms with Crippen molar-refractivity contribution < 1.29 is 14.0 Å². The molecule has 1 rings (SSSR count). The third-order valence-corrected chi connectivity index (χ3v) is 1.82. The number of rotatable bonds is 4. The van der Waals surface area contributed by atoms with Crippen molar-refractivity contribution in [2.45, 2.75) is 19.8 Å². The third kappa shape index (κ3) is 2.49. The summed E-state index contributed by atoms with van der Waals surface area (Å²) in [6, 6.07) is 5.18. The van der Waals surface area contributed by atoms with Gasteiger partial charge < -0.3 is 0 Å². The van der Waals surface area contributed by atoms with E-state index in [1.165, 1.54) is 18.2 Å². The minimum Gasteiger partial charge on any atom is -0.290 e. The molecule has 0 aliphatic heterocycles. The van der Waals surface area contributed by atoms with Gasteiger partial charge in [-0.15, -0.1) is 0 Å². The quantitative estimate of drug-likeness (QED) is 0.544. The fourth-order valence-electron chi connectivity index (χ4n) is 1.13. The fourth-order valence-corrected chi connectivity index (χ4v) is 1.13. The molecule has 0 aliphatic carbocycles. The highest BCUT2D eigenvalue weighted by molar-refractivity contribution is 6.43. The van der Waals surface area contributed by atoms with Crippen molar-refractivity contribution >= 4 is 11.6 Å². The zero-order chi connectivity index (χ0) is 10.6. The Morgan fingerprint density at radius 2 is 2.07 bits per heavy atom. The Hall–Kier alpha value is -1.51. The van der Waals surface area contributed by atoms with Crippen LogP contribution in [0.4, 0.5) is 4.39 Å². The van der Waals surface area contributed by atoms with Gasteiger partial charge in [-0.25, -0.2) is 4.39 Å². The first kappa shape index (κ1) is 10.6. The molecule has 0 amide bonds. The summed E-state index contributed by atoms with van der Waals surface area (Å²) in [6.45, 7) is 1.82. The van der Waals surface area contributed by atoms with Gasteiger partial charge >= 0.3 is 0 Å². The van der Waals surface area contributed by atoms with Crippen LogP contribution >= 0.6 is 0 Å². The van der Waals surface area contributed by atoms with Crippen LogP contribution in [0.1, 0.15) is 30.1 Å². The van der Waals surface area contributed by atoms with E-state index in [0.29, 0.717) is 6.42 Å². The molecule has 0 heterocycles. The number of ketones is 2. The highest BCUT2D eigenvalue weighted by Crippen LogP contribution is 2.06. The van der Waals surface area contributed by atoms with Crippen molar-refractivity contribution in [3.63, 3.8) is 0 Å². The molecule has 0 atom stereocenters. The lowest BCUT2D eigenvalue weighted by Crippen LogP contribution is -2.13. The number of hydrogen-bond acceptors (Lipinski definition) is 2. The highest BCUT2D eigenvalue weighted by Gasteiger charge is 2.14. The molecule has 0 aliphatic rings. The minimum absolute atomic E-state index is 0.128. The number of carbonyl (C=O) groups is 2. The van der Waals surface area contributed by atoms with Gasteiger partial charge in [-0.05, 0) is 18.6 Å². The van der Waals surface area contributed by atoms with E-state index in [9.17, 15) is 14.0 Å². The molecular formula is C11H11FO2. The van der Waals surface area contributed by atoms with Crippen LogP contribution in [0.5, 0.6) is 0 Å². The topological polar surface area (TPSA) is 34.1 Å². The largest absolute Gasteiger partial charge is 0.290 e. The van der Waals surface area contributed by atoms with Gasteiger partial charge in [0.05, 0.1) is 0 Å². The van der Waals surface area contributed by atoms with Crippen LogP contribution in [-0.4, -0.2) is 11.6 Å². The van der Waals surface area contributed by atoms with E-state index in [1.54, 1.807) is 0 Å². The Balaban J connectivity index is 2.84. The lowest BCUT2D eigenvalue weighted by molar-refractivity contribution is -0.115. The molecule has 0 bridgehead atoms. The molecule has 2 nitrogen and oxygen atoms in total. The highest BCUT2D eigenvalue weighted by atomic mass is 19.1. The molecule has 0 N–H and O–H groups in total. The zero-order valence-electron chi connectivity index (χ0n) is 7.92. The molecule has 1 aromatic carbocycles. The number of carbonyl (C=O) groups excluding carboxylic acids is 2. The van der Waals surface area contributed by atoms with Crippen LogP contribution < -0.4 is 0 Å². The summed E-state index contributed by atoms with van der Waals surface area (Å²) in [7, 11) is 0. The zero-order valence-corrected chi connectivity index (χ0v) is 7.92. The van der Waals surface area contributed by atoms with E-state index in [2.05, 4.69) is 0 Å². The molecule has 14 heavy (non-hydrogen) atoms. The molecule has 74 valence electrons. The van der Waals surface area contributed by atoms with Crippen molar-refractivity contribution in [2.75, 3.05) is 0 Å². The van der Waals surface area contributed by atoms with E-state index >= 15 is 0 Å². The molecule has 0 saturated heterocycles. The lowest BCUT2D eigenvalue weighted by atomic mass is 10.0. The van der Waals surface area contributed by atoms with E-state index in [4.69, 9.17) is 0 Å². The first-order valence-electron chi connectivity index (χ1n) is 4.48. The fraction of sp³-hybridized carbons (Fsp3) is 0.273. The van der Waals surface area contributed by atoms with Crippen LogP contribution in [0.25, 0.3) is 0 Å². The van der Waals surface area contributed by atoms with Gasteiger partial charge in [0.2, 0.25) is 11.6 Å². The second-order valence-corrected chi connectivity index (χ2v) is 3.01. The van der Waals surface area contributed by atoms with Crippen molar-refractivity contribution in [3.05, 3.63) is 35.6 Å². The molecule has 0 radical (unpaired) electrons. The van der Waals surface area contributed by atoms with Gasteiger partial charge in [-0.1, -0.05) is 19.1 Å². The average molecular weight is 194 g/mol. The maximum Gasteiger partial charge on any atom is 0.228 e. The van der Waals surface area contributed by atoms with Crippen LogP contribution in [0.2, 0.25) is 0 Å². The number of benzene rings is 1. The van der Waals surface area contributed by atoms with Crippen LogP contribution in [-0.2, 0) is 4.79 Å². The average Bonchev–Trinajstić information content (AvgIpc) is 2.17. The number of Topliss-reactive ketones (excluding diaryl/α,β-unsaturated/α-hetero) is 2. The summed E-state index contributed by atoms with van der Waals surface area (Å²) in [6.07, 6.45) is 0.842. The summed E-state index contributed by atoms with van der Waals surface area (Å²) in [5, 5.41) is 0. The van der Waals surface area contributed by atoms with Gasteiger partial charge in [0.25, 0.3) is 0 Å². The van der Waals surface area contributed by atoms with Crippen LogP contribution in [0, 0.1) is 5.82 Å². The van der Waals surface area contributed by atoms with Crippen LogP contribution in [0.15, 0.2) is 24.3 Å².